The lowest BCUT2D eigenvalue weighted by Crippen LogP contribution is -2.57. The van der Waals surface area contributed by atoms with Crippen molar-refractivity contribution in [2.24, 2.45) is 0 Å². The van der Waals surface area contributed by atoms with Crippen molar-refractivity contribution in [2.75, 3.05) is 32.4 Å². The monoisotopic (exact) mass is 278 g/mol. The molecule has 0 radical (unpaired) electrons. The molecule has 0 saturated carbocycles. The smallest absolute Gasteiger partial charge is 0.182 e. The van der Waals surface area contributed by atoms with E-state index in [1.54, 1.807) is 11.8 Å². The molecule has 2 rings (SSSR count). The molecule has 19 heavy (non-hydrogen) atoms. The van der Waals surface area contributed by atoms with Gasteiger partial charge in [-0.2, -0.15) is 0 Å². The number of nitrogens with zero attached hydrogens (tertiary/aromatic N) is 1. The molecule has 0 bridgehead atoms. The highest BCUT2D eigenvalue weighted by Crippen LogP contribution is 2.23. The number of hydrogen-bond donors (Lipinski definition) is 1. The van der Waals surface area contributed by atoms with E-state index in [0.717, 1.165) is 31.7 Å². The zero-order valence-corrected chi connectivity index (χ0v) is 12.7. The number of nitrogens with one attached hydrogen (secondary N) is 1. The summed E-state index contributed by atoms with van der Waals surface area (Å²) in [5.41, 5.74) is 0.379. The van der Waals surface area contributed by atoms with Crippen LogP contribution in [-0.2, 0) is 0 Å². The Morgan fingerprint density at radius 3 is 2.32 bits per heavy atom. The first-order chi connectivity index (χ1) is 9.05. The SMILES string of the molecule is CSc1ccc(C(=O)C(C)(C)N2CCNCC2)cc1. The second kappa shape index (κ2) is 6.07. The van der Waals surface area contributed by atoms with Crippen LogP contribution in [0.2, 0.25) is 0 Å². The number of piperazine rings is 1. The summed E-state index contributed by atoms with van der Waals surface area (Å²) in [7, 11) is 0. The number of hydrogen-bond acceptors (Lipinski definition) is 4. The van der Waals surface area contributed by atoms with E-state index in [2.05, 4.69) is 10.2 Å². The van der Waals surface area contributed by atoms with Crippen molar-refractivity contribution in [2.45, 2.75) is 24.3 Å². The molecule has 1 aromatic carbocycles. The molecule has 0 amide bonds. The molecule has 1 aliphatic rings. The van der Waals surface area contributed by atoms with Gasteiger partial charge in [0.2, 0.25) is 0 Å². The third-order valence-electron chi connectivity index (χ3n) is 3.82. The average molecular weight is 278 g/mol. The Balaban J connectivity index is 2.15. The molecule has 104 valence electrons. The van der Waals surface area contributed by atoms with Crippen LogP contribution in [0.1, 0.15) is 24.2 Å². The van der Waals surface area contributed by atoms with E-state index >= 15 is 0 Å². The predicted molar refractivity (Wildman–Crippen MR) is 81.1 cm³/mol. The van der Waals surface area contributed by atoms with Crippen LogP contribution in [0, 0.1) is 0 Å². The lowest BCUT2D eigenvalue weighted by molar-refractivity contribution is 0.0602. The van der Waals surface area contributed by atoms with Crippen molar-refractivity contribution in [1.82, 2.24) is 10.2 Å². The van der Waals surface area contributed by atoms with Crippen LogP contribution in [-0.4, -0.2) is 48.7 Å². The van der Waals surface area contributed by atoms with Gasteiger partial charge < -0.3 is 5.32 Å². The second-order valence-corrected chi connectivity index (χ2v) is 6.23. The van der Waals surface area contributed by atoms with Gasteiger partial charge in [0, 0.05) is 36.6 Å². The minimum absolute atomic E-state index is 0.210. The molecule has 1 saturated heterocycles. The van der Waals surface area contributed by atoms with Gasteiger partial charge in [0.05, 0.1) is 5.54 Å². The zero-order chi connectivity index (χ0) is 13.9. The number of Topliss-reactive ketones (excluding diaryl/α,β-unsaturated/α-hetero) is 1. The topological polar surface area (TPSA) is 32.3 Å². The molecule has 1 heterocycles. The Labute approximate surface area is 119 Å². The van der Waals surface area contributed by atoms with E-state index in [1.807, 2.05) is 44.4 Å². The predicted octanol–water partition coefficient (Wildman–Crippen LogP) is 2.28. The van der Waals surface area contributed by atoms with Gasteiger partial charge in [-0.05, 0) is 32.2 Å². The Kier molecular flexibility index (Phi) is 4.66. The maximum Gasteiger partial charge on any atom is 0.182 e. The fourth-order valence-electron chi connectivity index (χ4n) is 2.46. The fraction of sp³-hybridized carbons (Fsp3) is 0.533. The van der Waals surface area contributed by atoms with Crippen molar-refractivity contribution in [3.05, 3.63) is 29.8 Å². The number of carbonyl (C=O) groups excluding carboxylic acids is 1. The van der Waals surface area contributed by atoms with Gasteiger partial charge in [-0.25, -0.2) is 0 Å². The Morgan fingerprint density at radius 2 is 1.79 bits per heavy atom. The largest absolute Gasteiger partial charge is 0.314 e. The third-order valence-corrected chi connectivity index (χ3v) is 4.56. The van der Waals surface area contributed by atoms with Gasteiger partial charge >= 0.3 is 0 Å². The third kappa shape index (κ3) is 3.19. The number of ketones is 1. The van der Waals surface area contributed by atoms with Gasteiger partial charge in [0.25, 0.3) is 0 Å². The second-order valence-electron chi connectivity index (χ2n) is 5.35. The van der Waals surface area contributed by atoms with Gasteiger partial charge in [0.1, 0.15) is 0 Å². The van der Waals surface area contributed by atoms with Crippen molar-refractivity contribution >= 4 is 17.5 Å². The lowest BCUT2D eigenvalue weighted by Gasteiger charge is -2.40. The van der Waals surface area contributed by atoms with Gasteiger partial charge in [-0.1, -0.05) is 12.1 Å². The summed E-state index contributed by atoms with van der Waals surface area (Å²) in [5, 5.41) is 3.32. The van der Waals surface area contributed by atoms with E-state index in [-0.39, 0.29) is 5.78 Å². The van der Waals surface area contributed by atoms with E-state index in [1.165, 1.54) is 4.90 Å². The molecule has 1 aromatic rings. The quantitative estimate of drug-likeness (QED) is 0.676. The first-order valence-electron chi connectivity index (χ1n) is 6.70. The molecule has 3 nitrogen and oxygen atoms in total. The minimum Gasteiger partial charge on any atom is -0.314 e. The molecule has 1 fully saturated rings. The van der Waals surface area contributed by atoms with Crippen LogP contribution in [0.3, 0.4) is 0 Å². The van der Waals surface area contributed by atoms with Crippen molar-refractivity contribution in [1.29, 1.82) is 0 Å². The number of carbonyl (C=O) groups is 1. The van der Waals surface area contributed by atoms with E-state index in [4.69, 9.17) is 0 Å². The average Bonchev–Trinajstić information content (AvgIpc) is 2.47. The maximum absolute atomic E-state index is 12.7. The molecule has 0 spiro atoms. The van der Waals surface area contributed by atoms with Crippen LogP contribution in [0.4, 0.5) is 0 Å². The highest BCUT2D eigenvalue weighted by Gasteiger charge is 2.35. The van der Waals surface area contributed by atoms with E-state index in [0.29, 0.717) is 0 Å². The summed E-state index contributed by atoms with van der Waals surface area (Å²) in [6.07, 6.45) is 2.04. The highest BCUT2D eigenvalue weighted by atomic mass is 32.2. The molecule has 0 aliphatic carbocycles. The normalized spacial score (nSPS) is 17.4. The lowest BCUT2D eigenvalue weighted by atomic mass is 9.90. The summed E-state index contributed by atoms with van der Waals surface area (Å²) < 4.78 is 0. The minimum atomic E-state index is -0.428. The standard InChI is InChI=1S/C15H22N2OS/c1-15(2,17-10-8-16-9-11-17)14(18)12-4-6-13(19-3)7-5-12/h4-7,16H,8-11H2,1-3H3. The number of rotatable bonds is 4. The maximum atomic E-state index is 12.7. The molecule has 0 unspecified atom stereocenters. The molecular formula is C15H22N2OS. The van der Waals surface area contributed by atoms with Crippen molar-refractivity contribution in [3.63, 3.8) is 0 Å². The van der Waals surface area contributed by atoms with Crippen LogP contribution in [0.15, 0.2) is 29.2 Å². The van der Waals surface area contributed by atoms with E-state index in [9.17, 15) is 4.79 Å². The highest BCUT2D eigenvalue weighted by molar-refractivity contribution is 7.98. The van der Waals surface area contributed by atoms with Gasteiger partial charge in [0.15, 0.2) is 5.78 Å². The molecule has 1 aliphatic heterocycles. The first-order valence-corrected chi connectivity index (χ1v) is 7.93. The van der Waals surface area contributed by atoms with Crippen LogP contribution < -0.4 is 5.32 Å². The Bertz CT molecular complexity index is 436. The van der Waals surface area contributed by atoms with Crippen LogP contribution in [0.5, 0.6) is 0 Å². The Hall–Kier alpha value is -0.840. The van der Waals surface area contributed by atoms with Gasteiger partial charge in [-0.15, -0.1) is 11.8 Å². The molecule has 1 N–H and O–H groups in total. The summed E-state index contributed by atoms with van der Waals surface area (Å²) in [6, 6.07) is 7.92. The van der Waals surface area contributed by atoms with Gasteiger partial charge in [-0.3, -0.25) is 9.69 Å². The Morgan fingerprint density at radius 1 is 1.21 bits per heavy atom. The van der Waals surface area contributed by atoms with Crippen LogP contribution >= 0.6 is 11.8 Å². The number of thioether (sulfide) groups is 1. The first kappa shape index (κ1) is 14.6. The number of benzene rings is 1. The molecular weight excluding hydrogens is 256 g/mol. The van der Waals surface area contributed by atoms with Crippen molar-refractivity contribution in [3.8, 4) is 0 Å². The molecule has 0 atom stereocenters. The molecule has 0 aromatic heterocycles. The molecule has 4 heteroatoms. The van der Waals surface area contributed by atoms with Crippen LogP contribution in [0.25, 0.3) is 0 Å². The summed E-state index contributed by atoms with van der Waals surface area (Å²) in [5.74, 6) is 0.210. The summed E-state index contributed by atoms with van der Waals surface area (Å²) in [4.78, 5) is 16.2. The van der Waals surface area contributed by atoms with Crippen molar-refractivity contribution < 1.29 is 4.79 Å². The van der Waals surface area contributed by atoms with E-state index < -0.39 is 5.54 Å². The fourth-order valence-corrected chi connectivity index (χ4v) is 2.87. The summed E-state index contributed by atoms with van der Waals surface area (Å²) in [6.45, 7) is 7.85. The zero-order valence-electron chi connectivity index (χ0n) is 11.9. The summed E-state index contributed by atoms with van der Waals surface area (Å²) >= 11 is 1.69.